The van der Waals surface area contributed by atoms with Crippen LogP contribution in [-0.2, 0) is 4.79 Å². The van der Waals surface area contributed by atoms with Gasteiger partial charge in [-0.15, -0.1) is 0 Å². The van der Waals surface area contributed by atoms with Crippen molar-refractivity contribution in [2.24, 2.45) is 5.92 Å². The van der Waals surface area contributed by atoms with Crippen molar-refractivity contribution in [3.05, 3.63) is 27.2 Å². The van der Waals surface area contributed by atoms with E-state index in [0.29, 0.717) is 22.2 Å². The van der Waals surface area contributed by atoms with E-state index in [1.807, 2.05) is 13.0 Å². The third-order valence-electron chi connectivity index (χ3n) is 2.32. The van der Waals surface area contributed by atoms with Crippen molar-refractivity contribution in [2.75, 3.05) is 5.32 Å². The largest absolute Gasteiger partial charge is 0.324 e. The van der Waals surface area contributed by atoms with Crippen molar-refractivity contribution in [1.82, 2.24) is 0 Å². The number of hydrogen-bond donors (Lipinski definition) is 1. The number of nitrogens with one attached hydrogen (secondary N) is 1. The SMILES string of the molecule is CCCC(C#N)C(=O)Nc1cc(Cl)c(Cl)cc1Cl. The van der Waals surface area contributed by atoms with E-state index in [1.54, 1.807) is 0 Å². The van der Waals surface area contributed by atoms with Gasteiger partial charge in [0.15, 0.2) is 0 Å². The van der Waals surface area contributed by atoms with Gasteiger partial charge in [-0.3, -0.25) is 4.79 Å². The Labute approximate surface area is 121 Å². The molecule has 0 aliphatic heterocycles. The number of hydrogen-bond acceptors (Lipinski definition) is 2. The normalized spacial score (nSPS) is 11.7. The van der Waals surface area contributed by atoms with E-state index in [1.165, 1.54) is 12.1 Å². The first kappa shape index (κ1) is 15.1. The zero-order valence-electron chi connectivity index (χ0n) is 9.64. The second-order valence-corrected chi connectivity index (χ2v) is 4.93. The highest BCUT2D eigenvalue weighted by atomic mass is 35.5. The molecule has 0 aliphatic carbocycles. The predicted molar refractivity (Wildman–Crippen MR) is 74.1 cm³/mol. The molecule has 0 bridgehead atoms. The van der Waals surface area contributed by atoms with E-state index in [2.05, 4.69) is 5.32 Å². The second kappa shape index (κ2) is 6.84. The van der Waals surface area contributed by atoms with Crippen LogP contribution in [0.5, 0.6) is 0 Å². The van der Waals surface area contributed by atoms with Crippen LogP contribution in [0.2, 0.25) is 15.1 Å². The number of benzene rings is 1. The minimum Gasteiger partial charge on any atom is -0.324 e. The molecule has 0 aromatic heterocycles. The topological polar surface area (TPSA) is 52.9 Å². The van der Waals surface area contributed by atoms with Crippen LogP contribution in [0, 0.1) is 17.2 Å². The van der Waals surface area contributed by atoms with Gasteiger partial charge in [0.25, 0.3) is 0 Å². The highest BCUT2D eigenvalue weighted by Crippen LogP contribution is 2.32. The van der Waals surface area contributed by atoms with Crippen molar-refractivity contribution in [3.63, 3.8) is 0 Å². The van der Waals surface area contributed by atoms with Crippen LogP contribution in [0.1, 0.15) is 19.8 Å². The Balaban J connectivity index is 2.88. The minimum absolute atomic E-state index is 0.283. The van der Waals surface area contributed by atoms with Gasteiger partial charge in [0.2, 0.25) is 5.91 Å². The van der Waals surface area contributed by atoms with E-state index in [4.69, 9.17) is 40.1 Å². The lowest BCUT2D eigenvalue weighted by Gasteiger charge is -2.11. The van der Waals surface area contributed by atoms with Gasteiger partial charge in [-0.05, 0) is 18.6 Å². The summed E-state index contributed by atoms with van der Waals surface area (Å²) in [5.41, 5.74) is 0.354. The first-order valence-electron chi connectivity index (χ1n) is 5.34. The third-order valence-corrected chi connectivity index (χ3v) is 3.35. The molecule has 0 heterocycles. The Kier molecular flexibility index (Phi) is 5.74. The van der Waals surface area contributed by atoms with Gasteiger partial charge < -0.3 is 5.32 Å². The predicted octanol–water partition coefficient (Wildman–Crippen LogP) is 4.53. The quantitative estimate of drug-likeness (QED) is 0.831. The van der Waals surface area contributed by atoms with E-state index < -0.39 is 5.92 Å². The Hall–Kier alpha value is -0.950. The third kappa shape index (κ3) is 3.78. The van der Waals surface area contributed by atoms with E-state index >= 15 is 0 Å². The molecule has 1 rings (SSSR count). The maximum atomic E-state index is 11.8. The Morgan fingerprint density at radius 1 is 1.33 bits per heavy atom. The molecule has 6 heteroatoms. The first-order chi connectivity index (χ1) is 8.49. The fourth-order valence-electron chi connectivity index (χ4n) is 1.38. The first-order valence-corrected chi connectivity index (χ1v) is 6.48. The van der Waals surface area contributed by atoms with Crippen LogP contribution >= 0.6 is 34.8 Å². The van der Waals surface area contributed by atoms with E-state index in [9.17, 15) is 4.79 Å². The molecule has 1 amide bonds. The van der Waals surface area contributed by atoms with Crippen molar-refractivity contribution < 1.29 is 4.79 Å². The average molecular weight is 306 g/mol. The number of nitriles is 1. The van der Waals surface area contributed by atoms with Gasteiger partial charge in [0, 0.05) is 0 Å². The van der Waals surface area contributed by atoms with Crippen LogP contribution in [0.15, 0.2) is 12.1 Å². The van der Waals surface area contributed by atoms with Crippen LogP contribution in [0.25, 0.3) is 0 Å². The summed E-state index contributed by atoms with van der Waals surface area (Å²) < 4.78 is 0. The average Bonchev–Trinajstić information content (AvgIpc) is 2.32. The van der Waals surface area contributed by atoms with Gasteiger partial charge in [0.1, 0.15) is 5.92 Å². The molecule has 1 unspecified atom stereocenters. The summed E-state index contributed by atoms with van der Waals surface area (Å²) in [4.78, 5) is 11.8. The summed E-state index contributed by atoms with van der Waals surface area (Å²) in [5, 5.41) is 12.3. The number of anilines is 1. The minimum atomic E-state index is -0.694. The number of amides is 1. The van der Waals surface area contributed by atoms with E-state index in [-0.39, 0.29) is 10.9 Å². The second-order valence-electron chi connectivity index (χ2n) is 3.71. The molecule has 1 aromatic rings. The highest BCUT2D eigenvalue weighted by molar-refractivity contribution is 6.44. The Morgan fingerprint density at radius 3 is 2.50 bits per heavy atom. The lowest BCUT2D eigenvalue weighted by Crippen LogP contribution is -2.21. The summed E-state index contributed by atoms with van der Waals surface area (Å²) in [6, 6.07) is 4.86. The molecule has 1 aromatic carbocycles. The molecule has 0 saturated heterocycles. The zero-order valence-corrected chi connectivity index (χ0v) is 11.9. The fourth-order valence-corrected chi connectivity index (χ4v) is 1.98. The number of rotatable bonds is 4. The lowest BCUT2D eigenvalue weighted by molar-refractivity contribution is -0.118. The van der Waals surface area contributed by atoms with Crippen molar-refractivity contribution in [3.8, 4) is 6.07 Å². The molecule has 18 heavy (non-hydrogen) atoms. The maximum absolute atomic E-state index is 11.8. The zero-order chi connectivity index (χ0) is 13.7. The number of carbonyl (C=O) groups excluding carboxylic acids is 1. The molecule has 1 atom stereocenters. The standard InChI is InChI=1S/C12H11Cl3N2O/c1-2-3-7(6-16)12(18)17-11-5-9(14)8(13)4-10(11)15/h4-5,7H,2-3H2,1H3,(H,17,18). The monoisotopic (exact) mass is 304 g/mol. The van der Waals surface area contributed by atoms with Crippen molar-refractivity contribution in [1.29, 1.82) is 5.26 Å². The summed E-state index contributed by atoms with van der Waals surface area (Å²) in [6.07, 6.45) is 1.25. The van der Waals surface area contributed by atoms with Gasteiger partial charge >= 0.3 is 0 Å². The molecule has 0 spiro atoms. The Morgan fingerprint density at radius 2 is 1.94 bits per heavy atom. The number of nitrogens with zero attached hydrogens (tertiary/aromatic N) is 1. The summed E-state index contributed by atoms with van der Waals surface area (Å²) in [6.45, 7) is 1.91. The highest BCUT2D eigenvalue weighted by Gasteiger charge is 2.18. The Bertz CT molecular complexity index is 497. The van der Waals surface area contributed by atoms with Gasteiger partial charge in [-0.2, -0.15) is 5.26 Å². The molecule has 3 nitrogen and oxygen atoms in total. The summed E-state index contributed by atoms with van der Waals surface area (Å²) >= 11 is 17.5. The molecule has 0 saturated carbocycles. The maximum Gasteiger partial charge on any atom is 0.241 e. The fraction of sp³-hybridized carbons (Fsp3) is 0.333. The van der Waals surface area contributed by atoms with Gasteiger partial charge in [-0.25, -0.2) is 0 Å². The smallest absolute Gasteiger partial charge is 0.241 e. The van der Waals surface area contributed by atoms with Crippen LogP contribution in [0.4, 0.5) is 5.69 Å². The van der Waals surface area contributed by atoms with Crippen LogP contribution in [-0.4, -0.2) is 5.91 Å². The summed E-state index contributed by atoms with van der Waals surface area (Å²) in [5.74, 6) is -1.08. The van der Waals surface area contributed by atoms with Gasteiger partial charge in [0.05, 0.1) is 26.8 Å². The lowest BCUT2D eigenvalue weighted by atomic mass is 10.0. The molecule has 96 valence electrons. The van der Waals surface area contributed by atoms with Crippen LogP contribution < -0.4 is 5.32 Å². The van der Waals surface area contributed by atoms with Crippen LogP contribution in [0.3, 0.4) is 0 Å². The number of carbonyl (C=O) groups is 1. The van der Waals surface area contributed by atoms with Crippen molar-refractivity contribution >= 4 is 46.4 Å². The molecular formula is C12H11Cl3N2O. The molecule has 0 fully saturated rings. The summed E-state index contributed by atoms with van der Waals surface area (Å²) in [7, 11) is 0. The van der Waals surface area contributed by atoms with E-state index in [0.717, 1.165) is 6.42 Å². The molecular weight excluding hydrogens is 295 g/mol. The van der Waals surface area contributed by atoms with Crippen molar-refractivity contribution in [2.45, 2.75) is 19.8 Å². The molecule has 1 N–H and O–H groups in total. The molecule has 0 aliphatic rings. The number of halogens is 3. The molecule has 0 radical (unpaired) electrons. The van der Waals surface area contributed by atoms with Gasteiger partial charge in [-0.1, -0.05) is 48.1 Å².